The first-order valence-corrected chi connectivity index (χ1v) is 7.63. The maximum atomic E-state index is 12.0. The summed E-state index contributed by atoms with van der Waals surface area (Å²) in [5.41, 5.74) is 1.64. The molecule has 2 N–H and O–H groups in total. The minimum atomic E-state index is 0. The lowest BCUT2D eigenvalue weighted by atomic mass is 10.0. The highest BCUT2D eigenvalue weighted by molar-refractivity contribution is 5.97. The second-order valence-corrected chi connectivity index (χ2v) is 5.81. The van der Waals surface area contributed by atoms with Gasteiger partial charge in [0.1, 0.15) is 0 Å². The number of carbonyl (C=O) groups excluding carboxylic acids is 2. The average Bonchev–Trinajstić information content (AvgIpc) is 3.10. The number of hydrogen-bond donors (Lipinski definition) is 2. The zero-order chi connectivity index (χ0) is 14.7. The first-order chi connectivity index (χ1) is 10.2. The second kappa shape index (κ2) is 7.61. The molecule has 0 bridgehead atoms. The third-order valence-electron chi connectivity index (χ3n) is 4.15. The first-order valence-electron chi connectivity index (χ1n) is 7.63. The summed E-state index contributed by atoms with van der Waals surface area (Å²) < 4.78 is 0. The number of anilines is 2. The smallest absolute Gasteiger partial charge is 0.227 e. The van der Waals surface area contributed by atoms with Crippen LogP contribution in [0.5, 0.6) is 0 Å². The van der Waals surface area contributed by atoms with Gasteiger partial charge >= 0.3 is 0 Å². The van der Waals surface area contributed by atoms with E-state index in [-0.39, 0.29) is 24.2 Å². The van der Waals surface area contributed by atoms with Crippen molar-refractivity contribution in [3.8, 4) is 0 Å². The number of benzene rings is 1. The monoisotopic (exact) mass is 323 g/mol. The van der Waals surface area contributed by atoms with Gasteiger partial charge in [-0.1, -0.05) is 6.07 Å². The Morgan fingerprint density at radius 1 is 1.41 bits per heavy atom. The van der Waals surface area contributed by atoms with Crippen molar-refractivity contribution in [2.75, 3.05) is 29.9 Å². The summed E-state index contributed by atoms with van der Waals surface area (Å²) in [6, 6.07) is 7.55. The van der Waals surface area contributed by atoms with E-state index >= 15 is 0 Å². The van der Waals surface area contributed by atoms with Gasteiger partial charge in [0, 0.05) is 30.8 Å². The van der Waals surface area contributed by atoms with Gasteiger partial charge in [-0.25, -0.2) is 0 Å². The Bertz CT molecular complexity index is 544. The summed E-state index contributed by atoms with van der Waals surface area (Å²) in [5, 5.41) is 6.21. The highest BCUT2D eigenvalue weighted by Crippen LogP contribution is 2.24. The zero-order valence-electron chi connectivity index (χ0n) is 12.5. The fraction of sp³-hybridized carbons (Fsp3) is 0.500. The largest absolute Gasteiger partial charge is 0.326 e. The fourth-order valence-electron chi connectivity index (χ4n) is 3.04. The van der Waals surface area contributed by atoms with Crippen LogP contribution in [0.3, 0.4) is 0 Å². The average molecular weight is 324 g/mol. The molecule has 1 atom stereocenters. The van der Waals surface area contributed by atoms with Crippen LogP contribution >= 0.6 is 12.4 Å². The first kappa shape index (κ1) is 16.8. The van der Waals surface area contributed by atoms with Crippen LogP contribution in [0.1, 0.15) is 25.7 Å². The molecule has 1 unspecified atom stereocenters. The van der Waals surface area contributed by atoms with E-state index in [1.54, 1.807) is 4.90 Å². The summed E-state index contributed by atoms with van der Waals surface area (Å²) in [5.74, 6) is 0.650. The predicted octanol–water partition coefficient (Wildman–Crippen LogP) is 2.17. The minimum absolute atomic E-state index is 0. The molecule has 5 nitrogen and oxygen atoms in total. The molecule has 0 saturated carbocycles. The quantitative estimate of drug-likeness (QED) is 0.892. The van der Waals surface area contributed by atoms with Gasteiger partial charge in [0.25, 0.3) is 0 Å². The van der Waals surface area contributed by atoms with Crippen molar-refractivity contribution in [1.82, 2.24) is 5.32 Å². The maximum absolute atomic E-state index is 12.0. The van der Waals surface area contributed by atoms with Gasteiger partial charge in [0.05, 0.1) is 0 Å². The van der Waals surface area contributed by atoms with E-state index in [0.717, 1.165) is 43.9 Å². The number of hydrogen-bond acceptors (Lipinski definition) is 3. The van der Waals surface area contributed by atoms with Crippen LogP contribution in [0.25, 0.3) is 0 Å². The van der Waals surface area contributed by atoms with Crippen LogP contribution in [-0.2, 0) is 9.59 Å². The van der Waals surface area contributed by atoms with Crippen molar-refractivity contribution >= 4 is 35.6 Å². The Morgan fingerprint density at radius 2 is 2.27 bits per heavy atom. The van der Waals surface area contributed by atoms with Crippen LogP contribution in [0.2, 0.25) is 0 Å². The van der Waals surface area contributed by atoms with Gasteiger partial charge in [-0.3, -0.25) is 9.59 Å². The molecule has 0 aliphatic carbocycles. The number of rotatable bonds is 4. The summed E-state index contributed by atoms with van der Waals surface area (Å²) in [6.45, 7) is 2.70. The van der Waals surface area contributed by atoms with Gasteiger partial charge in [0.15, 0.2) is 0 Å². The van der Waals surface area contributed by atoms with E-state index in [2.05, 4.69) is 10.6 Å². The van der Waals surface area contributed by atoms with Gasteiger partial charge in [-0.15, -0.1) is 12.4 Å². The molecule has 6 heteroatoms. The van der Waals surface area contributed by atoms with Crippen molar-refractivity contribution in [3.05, 3.63) is 24.3 Å². The molecule has 1 aromatic carbocycles. The second-order valence-electron chi connectivity index (χ2n) is 5.81. The van der Waals surface area contributed by atoms with E-state index in [4.69, 9.17) is 0 Å². The molecule has 2 heterocycles. The van der Waals surface area contributed by atoms with Crippen molar-refractivity contribution in [3.63, 3.8) is 0 Å². The number of halogens is 1. The number of nitrogens with one attached hydrogen (secondary N) is 2. The summed E-state index contributed by atoms with van der Waals surface area (Å²) in [7, 11) is 0. The number of carbonyl (C=O) groups is 2. The SMILES string of the molecule is Cl.O=C(CC1CCNC1)Nc1cccc(N2CCCC2=O)c1. The summed E-state index contributed by atoms with van der Waals surface area (Å²) in [4.78, 5) is 25.6. The van der Waals surface area contributed by atoms with E-state index in [0.29, 0.717) is 18.8 Å². The van der Waals surface area contributed by atoms with Gasteiger partial charge in [-0.2, -0.15) is 0 Å². The van der Waals surface area contributed by atoms with E-state index in [1.807, 2.05) is 24.3 Å². The predicted molar refractivity (Wildman–Crippen MR) is 89.5 cm³/mol. The van der Waals surface area contributed by atoms with Gasteiger partial charge in [0.2, 0.25) is 11.8 Å². The molecule has 120 valence electrons. The lowest BCUT2D eigenvalue weighted by Gasteiger charge is -2.17. The Morgan fingerprint density at radius 3 is 2.95 bits per heavy atom. The highest BCUT2D eigenvalue weighted by Gasteiger charge is 2.22. The van der Waals surface area contributed by atoms with Crippen molar-refractivity contribution < 1.29 is 9.59 Å². The van der Waals surface area contributed by atoms with Gasteiger partial charge in [-0.05, 0) is 50.0 Å². The third-order valence-corrected chi connectivity index (χ3v) is 4.15. The van der Waals surface area contributed by atoms with Crippen LogP contribution in [0.4, 0.5) is 11.4 Å². The topological polar surface area (TPSA) is 61.4 Å². The molecule has 0 spiro atoms. The van der Waals surface area contributed by atoms with Crippen LogP contribution < -0.4 is 15.5 Å². The minimum Gasteiger partial charge on any atom is -0.326 e. The summed E-state index contributed by atoms with van der Waals surface area (Å²) >= 11 is 0. The Labute approximate surface area is 136 Å². The lowest BCUT2D eigenvalue weighted by molar-refractivity contribution is -0.117. The molecule has 2 aliphatic rings. The lowest BCUT2D eigenvalue weighted by Crippen LogP contribution is -2.24. The third kappa shape index (κ3) is 3.99. The molecule has 2 saturated heterocycles. The zero-order valence-corrected chi connectivity index (χ0v) is 13.3. The van der Waals surface area contributed by atoms with Crippen LogP contribution in [0, 0.1) is 5.92 Å². The summed E-state index contributed by atoms with van der Waals surface area (Å²) in [6.07, 6.45) is 3.14. The molecule has 0 radical (unpaired) electrons. The standard InChI is InChI=1S/C16H21N3O2.ClH/c20-15(9-12-6-7-17-11-12)18-13-3-1-4-14(10-13)19-8-2-5-16(19)21;/h1,3-4,10,12,17H,2,5-9,11H2,(H,18,20);1H. The van der Waals surface area contributed by atoms with Crippen molar-refractivity contribution in [2.45, 2.75) is 25.7 Å². The number of amides is 2. The number of nitrogens with zero attached hydrogens (tertiary/aromatic N) is 1. The maximum Gasteiger partial charge on any atom is 0.227 e. The highest BCUT2D eigenvalue weighted by atomic mass is 35.5. The molecule has 2 aliphatic heterocycles. The molecule has 2 amide bonds. The van der Waals surface area contributed by atoms with Crippen molar-refractivity contribution in [2.24, 2.45) is 5.92 Å². The molecule has 3 rings (SSSR count). The molecular weight excluding hydrogens is 302 g/mol. The van der Waals surface area contributed by atoms with E-state index in [9.17, 15) is 9.59 Å². The molecule has 2 fully saturated rings. The Kier molecular flexibility index (Phi) is 5.80. The molecule has 0 aromatic heterocycles. The molecule has 22 heavy (non-hydrogen) atoms. The Hall–Kier alpha value is -1.59. The van der Waals surface area contributed by atoms with Gasteiger partial charge < -0.3 is 15.5 Å². The van der Waals surface area contributed by atoms with Crippen molar-refractivity contribution in [1.29, 1.82) is 0 Å². The van der Waals surface area contributed by atoms with Crippen LogP contribution in [0.15, 0.2) is 24.3 Å². The van der Waals surface area contributed by atoms with E-state index < -0.39 is 0 Å². The van der Waals surface area contributed by atoms with E-state index in [1.165, 1.54) is 0 Å². The van der Waals surface area contributed by atoms with Crippen LogP contribution in [-0.4, -0.2) is 31.4 Å². The Balaban J connectivity index is 0.00000176. The fourth-order valence-corrected chi connectivity index (χ4v) is 3.04. The normalized spacial score (nSPS) is 20.8. The molecule has 1 aromatic rings. The molecular formula is C16H22ClN3O2.